The molecule has 0 saturated carbocycles. The second kappa shape index (κ2) is 5.59. The fourth-order valence-corrected chi connectivity index (χ4v) is 3.72. The van der Waals surface area contributed by atoms with Gasteiger partial charge in [0.1, 0.15) is 0 Å². The fourth-order valence-electron chi connectivity index (χ4n) is 3.12. The predicted molar refractivity (Wildman–Crippen MR) is 86.3 cm³/mol. The van der Waals surface area contributed by atoms with Crippen molar-refractivity contribution in [3.63, 3.8) is 0 Å². The largest absolute Gasteiger partial charge is 0.381 e. The number of aromatic nitrogens is 2. The Kier molecular flexibility index (Phi) is 3.94. The molecule has 0 amide bonds. The predicted octanol–water partition coefficient (Wildman–Crippen LogP) is 2.07. The van der Waals surface area contributed by atoms with E-state index in [0.29, 0.717) is 5.92 Å². The molecule has 0 spiro atoms. The molecule has 2 N–H and O–H groups in total. The maximum Gasteiger partial charge on any atom is 0.328 e. The van der Waals surface area contributed by atoms with Crippen molar-refractivity contribution in [2.75, 3.05) is 13.2 Å². The molecule has 1 atom stereocenters. The second-order valence-corrected chi connectivity index (χ2v) is 6.59. The highest BCUT2D eigenvalue weighted by Gasteiger charge is 2.25. The molecule has 1 aromatic carbocycles. The lowest BCUT2D eigenvalue weighted by atomic mass is 9.87. The quantitative estimate of drug-likeness (QED) is 0.898. The van der Waals surface area contributed by atoms with Gasteiger partial charge in [-0.3, -0.25) is 9.13 Å². The van der Waals surface area contributed by atoms with Crippen LogP contribution in [0, 0.1) is 5.92 Å². The number of ether oxygens (including phenoxy) is 1. The molecule has 1 aromatic heterocycles. The number of imidazole rings is 1. The van der Waals surface area contributed by atoms with Crippen LogP contribution >= 0.6 is 15.9 Å². The van der Waals surface area contributed by atoms with Gasteiger partial charge >= 0.3 is 5.69 Å². The molecule has 114 valence electrons. The molecule has 1 unspecified atom stereocenters. The summed E-state index contributed by atoms with van der Waals surface area (Å²) in [6, 6.07) is 4.00. The van der Waals surface area contributed by atoms with Crippen LogP contribution in [-0.4, -0.2) is 22.3 Å². The zero-order valence-electron chi connectivity index (χ0n) is 12.3. The summed E-state index contributed by atoms with van der Waals surface area (Å²) >= 11 is 3.62. The number of hydrogen-bond donors (Lipinski definition) is 1. The van der Waals surface area contributed by atoms with E-state index in [4.69, 9.17) is 10.5 Å². The van der Waals surface area contributed by atoms with E-state index in [0.717, 1.165) is 47.1 Å². The summed E-state index contributed by atoms with van der Waals surface area (Å²) in [5.74, 6) is 0.424. The summed E-state index contributed by atoms with van der Waals surface area (Å²) < 4.78 is 9.70. The maximum absolute atomic E-state index is 12.0. The molecule has 6 heteroatoms. The van der Waals surface area contributed by atoms with Gasteiger partial charge in [0.15, 0.2) is 0 Å². The average Bonchev–Trinajstić information content (AvgIpc) is 2.71. The normalized spacial score (nSPS) is 18.3. The van der Waals surface area contributed by atoms with Crippen molar-refractivity contribution in [3.8, 4) is 0 Å². The Balaban J connectivity index is 2.08. The van der Waals surface area contributed by atoms with Gasteiger partial charge in [-0.1, -0.05) is 15.9 Å². The molecule has 0 aliphatic carbocycles. The maximum atomic E-state index is 12.0. The first-order chi connectivity index (χ1) is 10.0. The second-order valence-electron chi connectivity index (χ2n) is 5.74. The SMILES string of the molecule is Cn1c(=O)n(C)c2cc(C(N)C3CCOCC3)c(Br)cc21. The molecule has 5 nitrogen and oxygen atoms in total. The van der Waals surface area contributed by atoms with Gasteiger partial charge in [-0.05, 0) is 36.5 Å². The van der Waals surface area contributed by atoms with Gasteiger partial charge in [0, 0.05) is 37.8 Å². The lowest BCUT2D eigenvalue weighted by Gasteiger charge is -2.28. The van der Waals surface area contributed by atoms with Crippen molar-refractivity contribution < 1.29 is 4.74 Å². The van der Waals surface area contributed by atoms with Gasteiger partial charge in [-0.25, -0.2) is 4.79 Å². The molecular weight excluding hydrogens is 334 g/mol. The van der Waals surface area contributed by atoms with Crippen molar-refractivity contribution >= 4 is 27.0 Å². The molecule has 21 heavy (non-hydrogen) atoms. The minimum absolute atomic E-state index is 0.0197. The van der Waals surface area contributed by atoms with E-state index in [9.17, 15) is 4.79 Å². The molecule has 1 saturated heterocycles. The standard InChI is InChI=1S/C15H20BrN3O2/c1-18-12-7-10(14(17)9-3-5-21-6-4-9)11(16)8-13(12)19(2)15(18)20/h7-9,14H,3-6,17H2,1-2H3. The van der Waals surface area contributed by atoms with Crippen molar-refractivity contribution in [2.24, 2.45) is 25.7 Å². The molecule has 2 aromatic rings. The van der Waals surface area contributed by atoms with Gasteiger partial charge in [-0.2, -0.15) is 0 Å². The minimum atomic E-state index is -0.0389. The molecule has 3 rings (SSSR count). The van der Waals surface area contributed by atoms with Gasteiger partial charge in [0.25, 0.3) is 0 Å². The molecule has 2 heterocycles. The molecular formula is C15H20BrN3O2. The molecule has 1 aliphatic heterocycles. The monoisotopic (exact) mass is 353 g/mol. The molecule has 0 bridgehead atoms. The highest BCUT2D eigenvalue weighted by atomic mass is 79.9. The Hall–Kier alpha value is -1.11. The highest BCUT2D eigenvalue weighted by molar-refractivity contribution is 9.10. The van der Waals surface area contributed by atoms with Crippen molar-refractivity contribution in [1.29, 1.82) is 0 Å². The summed E-state index contributed by atoms with van der Waals surface area (Å²) in [6.45, 7) is 1.56. The van der Waals surface area contributed by atoms with Crippen LogP contribution in [0.25, 0.3) is 11.0 Å². The third kappa shape index (κ3) is 2.45. The fraction of sp³-hybridized carbons (Fsp3) is 0.533. The van der Waals surface area contributed by atoms with Gasteiger partial charge in [0.2, 0.25) is 0 Å². The van der Waals surface area contributed by atoms with Crippen LogP contribution < -0.4 is 11.4 Å². The van der Waals surface area contributed by atoms with E-state index in [2.05, 4.69) is 15.9 Å². The first-order valence-electron chi connectivity index (χ1n) is 7.19. The van der Waals surface area contributed by atoms with E-state index in [1.807, 2.05) is 12.1 Å². The Labute approximate surface area is 131 Å². The Morgan fingerprint density at radius 1 is 1.24 bits per heavy atom. The van der Waals surface area contributed by atoms with Gasteiger partial charge in [0.05, 0.1) is 11.0 Å². The van der Waals surface area contributed by atoms with Crippen LogP contribution in [0.3, 0.4) is 0 Å². The zero-order chi connectivity index (χ0) is 15.1. The van der Waals surface area contributed by atoms with E-state index in [1.54, 1.807) is 23.2 Å². The number of aryl methyl sites for hydroxylation is 2. The van der Waals surface area contributed by atoms with Crippen LogP contribution in [0.5, 0.6) is 0 Å². The summed E-state index contributed by atoms with van der Waals surface area (Å²) in [5.41, 5.74) is 9.36. The van der Waals surface area contributed by atoms with Crippen LogP contribution in [-0.2, 0) is 18.8 Å². The Morgan fingerprint density at radius 2 is 1.81 bits per heavy atom. The third-order valence-corrected chi connectivity index (χ3v) is 5.21. The van der Waals surface area contributed by atoms with E-state index >= 15 is 0 Å². The molecule has 1 fully saturated rings. The number of benzene rings is 1. The first kappa shape index (κ1) is 14.8. The third-order valence-electron chi connectivity index (χ3n) is 4.52. The highest BCUT2D eigenvalue weighted by Crippen LogP contribution is 2.34. The topological polar surface area (TPSA) is 62.2 Å². The van der Waals surface area contributed by atoms with Gasteiger partial charge in [-0.15, -0.1) is 0 Å². The summed E-state index contributed by atoms with van der Waals surface area (Å²) in [7, 11) is 3.58. The van der Waals surface area contributed by atoms with Crippen LogP contribution in [0.1, 0.15) is 24.4 Å². The average molecular weight is 354 g/mol. The molecule has 1 aliphatic rings. The number of fused-ring (bicyclic) bond motifs is 1. The number of nitrogens with zero attached hydrogens (tertiary/aromatic N) is 2. The van der Waals surface area contributed by atoms with E-state index < -0.39 is 0 Å². The van der Waals surface area contributed by atoms with Crippen molar-refractivity contribution in [3.05, 3.63) is 32.7 Å². The van der Waals surface area contributed by atoms with Crippen LogP contribution in [0.4, 0.5) is 0 Å². The minimum Gasteiger partial charge on any atom is -0.381 e. The molecule has 0 radical (unpaired) electrons. The van der Waals surface area contributed by atoms with E-state index in [1.165, 1.54) is 0 Å². The summed E-state index contributed by atoms with van der Waals surface area (Å²) in [5, 5.41) is 0. The number of rotatable bonds is 2. The zero-order valence-corrected chi connectivity index (χ0v) is 13.9. The number of hydrogen-bond acceptors (Lipinski definition) is 3. The summed E-state index contributed by atoms with van der Waals surface area (Å²) in [6.07, 6.45) is 1.97. The van der Waals surface area contributed by atoms with Crippen molar-refractivity contribution in [2.45, 2.75) is 18.9 Å². The van der Waals surface area contributed by atoms with Crippen LogP contribution in [0.15, 0.2) is 21.4 Å². The van der Waals surface area contributed by atoms with Crippen LogP contribution in [0.2, 0.25) is 0 Å². The van der Waals surface area contributed by atoms with E-state index in [-0.39, 0.29) is 11.7 Å². The lowest BCUT2D eigenvalue weighted by Crippen LogP contribution is -2.27. The number of nitrogens with two attached hydrogens (primary N) is 1. The smallest absolute Gasteiger partial charge is 0.328 e. The number of halogens is 1. The Morgan fingerprint density at radius 3 is 2.43 bits per heavy atom. The first-order valence-corrected chi connectivity index (χ1v) is 7.98. The van der Waals surface area contributed by atoms with Crippen molar-refractivity contribution in [1.82, 2.24) is 9.13 Å². The lowest BCUT2D eigenvalue weighted by molar-refractivity contribution is 0.0583. The van der Waals surface area contributed by atoms with Gasteiger partial charge < -0.3 is 10.5 Å². The summed E-state index contributed by atoms with van der Waals surface area (Å²) in [4.78, 5) is 12.0. The Bertz CT molecular complexity index is 729.